The summed E-state index contributed by atoms with van der Waals surface area (Å²) in [6.07, 6.45) is 0. The fourth-order valence-corrected chi connectivity index (χ4v) is 1.75. The van der Waals surface area contributed by atoms with Gasteiger partial charge in [-0.05, 0) is 36.8 Å². The predicted molar refractivity (Wildman–Crippen MR) is 73.9 cm³/mol. The van der Waals surface area contributed by atoms with Crippen LogP contribution in [0.15, 0.2) is 36.4 Å². The number of nitrogens with one attached hydrogen (secondary N) is 1. The Morgan fingerprint density at radius 3 is 2.62 bits per heavy atom. The smallest absolute Gasteiger partial charge is 0.310 e. The van der Waals surface area contributed by atoms with Gasteiger partial charge in [-0.2, -0.15) is 0 Å². The number of benzene rings is 2. The fourth-order valence-electron chi connectivity index (χ4n) is 1.75. The Hall–Kier alpha value is -2.96. The molecule has 0 aliphatic rings. The number of carbonyl (C=O) groups is 1. The van der Waals surface area contributed by atoms with E-state index >= 15 is 0 Å². The van der Waals surface area contributed by atoms with Gasteiger partial charge < -0.3 is 10.4 Å². The second kappa shape index (κ2) is 5.58. The SMILES string of the molecule is Cc1ccc(F)c(NC(=O)c2ccc([N+](=O)[O-])c(O)c2)c1. The molecule has 0 heterocycles. The van der Waals surface area contributed by atoms with Gasteiger partial charge in [0.15, 0.2) is 5.75 Å². The number of anilines is 1. The van der Waals surface area contributed by atoms with Crippen LogP contribution in [0.25, 0.3) is 0 Å². The highest BCUT2D eigenvalue weighted by molar-refractivity contribution is 6.04. The van der Waals surface area contributed by atoms with E-state index in [9.17, 15) is 24.4 Å². The van der Waals surface area contributed by atoms with Crippen LogP contribution in [0.4, 0.5) is 15.8 Å². The summed E-state index contributed by atoms with van der Waals surface area (Å²) < 4.78 is 13.5. The number of aryl methyl sites for hydroxylation is 1. The molecule has 0 aliphatic heterocycles. The van der Waals surface area contributed by atoms with Gasteiger partial charge in [-0.3, -0.25) is 14.9 Å². The number of amides is 1. The Labute approximate surface area is 119 Å². The molecule has 7 heteroatoms. The molecule has 2 N–H and O–H groups in total. The highest BCUT2D eigenvalue weighted by atomic mass is 19.1. The third-order valence-corrected chi connectivity index (χ3v) is 2.80. The number of hydrogen-bond donors (Lipinski definition) is 2. The van der Waals surface area contributed by atoms with E-state index in [4.69, 9.17) is 0 Å². The van der Waals surface area contributed by atoms with Crippen LogP contribution in [0.3, 0.4) is 0 Å². The Morgan fingerprint density at radius 1 is 1.29 bits per heavy atom. The van der Waals surface area contributed by atoms with Crippen molar-refractivity contribution in [1.29, 1.82) is 0 Å². The summed E-state index contributed by atoms with van der Waals surface area (Å²) in [5.41, 5.74) is 0.239. The summed E-state index contributed by atoms with van der Waals surface area (Å²) in [6, 6.07) is 7.39. The number of nitro groups is 1. The molecule has 0 unspecified atom stereocenters. The van der Waals surface area contributed by atoms with Gasteiger partial charge in [0, 0.05) is 11.6 Å². The van der Waals surface area contributed by atoms with E-state index in [1.54, 1.807) is 13.0 Å². The van der Waals surface area contributed by atoms with Crippen LogP contribution in [-0.4, -0.2) is 15.9 Å². The first-order chi connectivity index (χ1) is 9.88. The van der Waals surface area contributed by atoms with E-state index in [2.05, 4.69) is 5.32 Å². The van der Waals surface area contributed by atoms with Crippen molar-refractivity contribution in [3.63, 3.8) is 0 Å². The molecule has 0 saturated carbocycles. The van der Waals surface area contributed by atoms with Crippen LogP contribution >= 0.6 is 0 Å². The number of nitro benzene ring substituents is 1. The maximum Gasteiger partial charge on any atom is 0.310 e. The van der Waals surface area contributed by atoms with Crippen molar-refractivity contribution in [2.24, 2.45) is 0 Å². The van der Waals surface area contributed by atoms with Gasteiger partial charge in [-0.1, -0.05) is 6.07 Å². The first-order valence-electron chi connectivity index (χ1n) is 5.93. The lowest BCUT2D eigenvalue weighted by Crippen LogP contribution is -2.13. The minimum absolute atomic E-state index is 0.00200. The number of halogens is 1. The lowest BCUT2D eigenvalue weighted by molar-refractivity contribution is -0.385. The summed E-state index contributed by atoms with van der Waals surface area (Å²) in [7, 11) is 0. The van der Waals surface area contributed by atoms with Crippen molar-refractivity contribution in [1.82, 2.24) is 0 Å². The second-order valence-corrected chi connectivity index (χ2v) is 4.40. The van der Waals surface area contributed by atoms with Crippen LogP contribution in [-0.2, 0) is 0 Å². The number of aromatic hydroxyl groups is 1. The minimum atomic E-state index is -0.767. The standard InChI is InChI=1S/C14H11FN2O4/c1-8-2-4-10(15)11(6-8)16-14(19)9-3-5-12(17(20)21)13(18)7-9/h2-7,18H,1H3,(H,16,19). The molecule has 1 amide bonds. The topological polar surface area (TPSA) is 92.5 Å². The normalized spacial score (nSPS) is 10.2. The largest absolute Gasteiger partial charge is 0.502 e. The summed E-state index contributed by atoms with van der Waals surface area (Å²) in [4.78, 5) is 21.8. The van der Waals surface area contributed by atoms with Crippen LogP contribution < -0.4 is 5.32 Å². The molecule has 0 aromatic heterocycles. The maximum atomic E-state index is 13.5. The third-order valence-electron chi connectivity index (χ3n) is 2.80. The van der Waals surface area contributed by atoms with Gasteiger partial charge in [0.1, 0.15) is 5.82 Å². The van der Waals surface area contributed by atoms with Gasteiger partial charge in [0.25, 0.3) is 5.91 Å². The molecule has 0 aliphatic carbocycles. The summed E-state index contributed by atoms with van der Waals surface area (Å²) in [5, 5.41) is 22.4. The Morgan fingerprint density at radius 2 is 2.00 bits per heavy atom. The van der Waals surface area contributed by atoms with Gasteiger partial charge >= 0.3 is 5.69 Å². The second-order valence-electron chi connectivity index (χ2n) is 4.40. The first kappa shape index (κ1) is 14.4. The van der Waals surface area contributed by atoms with Crippen molar-refractivity contribution < 1.29 is 19.2 Å². The van der Waals surface area contributed by atoms with E-state index in [0.717, 1.165) is 17.7 Å². The lowest BCUT2D eigenvalue weighted by atomic mass is 10.1. The van der Waals surface area contributed by atoms with E-state index in [1.807, 2.05) is 0 Å². The van der Waals surface area contributed by atoms with Crippen LogP contribution in [0, 0.1) is 22.9 Å². The van der Waals surface area contributed by atoms with Crippen molar-refractivity contribution in [2.45, 2.75) is 6.92 Å². The number of nitrogens with zero attached hydrogens (tertiary/aromatic N) is 1. The molecule has 6 nitrogen and oxygen atoms in total. The average Bonchev–Trinajstić information content (AvgIpc) is 2.42. The molecule has 0 radical (unpaired) electrons. The Bertz CT molecular complexity index is 731. The quantitative estimate of drug-likeness (QED) is 0.671. The molecule has 0 bridgehead atoms. The van der Waals surface area contributed by atoms with Gasteiger partial charge in [0.2, 0.25) is 0 Å². The summed E-state index contributed by atoms with van der Waals surface area (Å²) in [5.74, 6) is -1.90. The molecule has 2 aromatic rings. The molecule has 2 rings (SSSR count). The Kier molecular flexibility index (Phi) is 3.84. The van der Waals surface area contributed by atoms with Crippen LogP contribution in [0.2, 0.25) is 0 Å². The summed E-state index contributed by atoms with van der Waals surface area (Å²) >= 11 is 0. The predicted octanol–water partition coefficient (Wildman–Crippen LogP) is 3.00. The molecular weight excluding hydrogens is 279 g/mol. The molecular formula is C14H11FN2O4. The van der Waals surface area contributed by atoms with Gasteiger partial charge in [-0.25, -0.2) is 4.39 Å². The number of phenolic OH excluding ortho intramolecular Hbond substituents is 1. The van der Waals surface area contributed by atoms with E-state index in [0.29, 0.717) is 0 Å². The van der Waals surface area contributed by atoms with E-state index < -0.39 is 28.1 Å². The van der Waals surface area contributed by atoms with Crippen LogP contribution in [0.1, 0.15) is 15.9 Å². The molecule has 0 saturated heterocycles. The van der Waals surface area contributed by atoms with Crippen molar-refractivity contribution in [3.8, 4) is 5.75 Å². The molecule has 0 spiro atoms. The zero-order valence-corrected chi connectivity index (χ0v) is 11.0. The van der Waals surface area contributed by atoms with E-state index in [1.165, 1.54) is 18.2 Å². The maximum absolute atomic E-state index is 13.5. The Balaban J connectivity index is 2.26. The number of rotatable bonds is 3. The fraction of sp³-hybridized carbons (Fsp3) is 0.0714. The summed E-state index contributed by atoms with van der Waals surface area (Å²) in [6.45, 7) is 1.74. The van der Waals surface area contributed by atoms with Crippen molar-refractivity contribution in [3.05, 3.63) is 63.5 Å². The minimum Gasteiger partial charge on any atom is -0.502 e. The highest BCUT2D eigenvalue weighted by Crippen LogP contribution is 2.26. The zero-order valence-electron chi connectivity index (χ0n) is 11.0. The number of hydrogen-bond acceptors (Lipinski definition) is 4. The molecule has 21 heavy (non-hydrogen) atoms. The number of carbonyl (C=O) groups excluding carboxylic acids is 1. The van der Waals surface area contributed by atoms with Gasteiger partial charge in [0.05, 0.1) is 10.6 Å². The van der Waals surface area contributed by atoms with Crippen molar-refractivity contribution >= 4 is 17.3 Å². The first-order valence-corrected chi connectivity index (χ1v) is 5.93. The van der Waals surface area contributed by atoms with Crippen LogP contribution in [0.5, 0.6) is 5.75 Å². The highest BCUT2D eigenvalue weighted by Gasteiger charge is 2.16. The number of phenols is 1. The van der Waals surface area contributed by atoms with E-state index in [-0.39, 0.29) is 11.3 Å². The molecule has 0 fully saturated rings. The molecule has 108 valence electrons. The van der Waals surface area contributed by atoms with Crippen molar-refractivity contribution in [2.75, 3.05) is 5.32 Å². The average molecular weight is 290 g/mol. The lowest BCUT2D eigenvalue weighted by Gasteiger charge is -2.07. The monoisotopic (exact) mass is 290 g/mol. The molecule has 0 atom stereocenters. The molecule has 2 aromatic carbocycles. The third kappa shape index (κ3) is 3.14. The van der Waals surface area contributed by atoms with Gasteiger partial charge in [-0.15, -0.1) is 0 Å². The zero-order chi connectivity index (χ0) is 15.6.